The van der Waals surface area contributed by atoms with E-state index in [4.69, 9.17) is 9.47 Å². The molecule has 0 N–H and O–H groups in total. The molecule has 0 amide bonds. The van der Waals surface area contributed by atoms with Crippen LogP contribution in [-0.2, 0) is 14.3 Å². The third-order valence-electron chi connectivity index (χ3n) is 2.25. The van der Waals surface area contributed by atoms with Crippen LogP contribution in [0.2, 0.25) is 0 Å². The molecule has 0 aromatic heterocycles. The first kappa shape index (κ1) is 13.5. The highest BCUT2D eigenvalue weighted by molar-refractivity contribution is 5.90. The molecule has 0 heterocycles. The van der Waals surface area contributed by atoms with Gasteiger partial charge in [-0.25, -0.2) is 4.79 Å². The lowest BCUT2D eigenvalue weighted by molar-refractivity contribution is -0.167. The van der Waals surface area contributed by atoms with Gasteiger partial charge in [-0.3, -0.25) is 0 Å². The lowest BCUT2D eigenvalue weighted by Crippen LogP contribution is -2.16. The summed E-state index contributed by atoms with van der Waals surface area (Å²) in [7, 11) is 0. The topological polar surface area (TPSA) is 35.5 Å². The van der Waals surface area contributed by atoms with Crippen molar-refractivity contribution >= 4 is 11.5 Å². The normalized spacial score (nSPS) is 13.2. The largest absolute Gasteiger partial charge is 0.433 e. The van der Waals surface area contributed by atoms with E-state index < -0.39 is 6.29 Å². The number of hydrogen-bond acceptors (Lipinski definition) is 3. The summed E-state index contributed by atoms with van der Waals surface area (Å²) < 4.78 is 10.2. The zero-order chi connectivity index (χ0) is 12.7. The maximum absolute atomic E-state index is 11.5. The van der Waals surface area contributed by atoms with Gasteiger partial charge in [0.2, 0.25) is 0 Å². The van der Waals surface area contributed by atoms with Gasteiger partial charge in [0.05, 0.1) is 0 Å². The molecule has 0 radical (unpaired) electrons. The Kier molecular flexibility index (Phi) is 5.43. The first-order valence-corrected chi connectivity index (χ1v) is 5.69. The Balaban J connectivity index is 2.60. The van der Waals surface area contributed by atoms with Crippen molar-refractivity contribution in [3.8, 4) is 0 Å². The monoisotopic (exact) mass is 234 g/mol. The van der Waals surface area contributed by atoms with E-state index in [1.54, 1.807) is 6.92 Å². The van der Waals surface area contributed by atoms with Crippen molar-refractivity contribution in [3.63, 3.8) is 0 Å². The molecule has 0 spiro atoms. The molecule has 0 aliphatic carbocycles. The Morgan fingerprint density at radius 3 is 2.59 bits per heavy atom. The van der Waals surface area contributed by atoms with Crippen LogP contribution in [0.5, 0.6) is 0 Å². The molecule has 17 heavy (non-hydrogen) atoms. The fraction of sp³-hybridized carbons (Fsp3) is 0.357. The van der Waals surface area contributed by atoms with E-state index >= 15 is 0 Å². The summed E-state index contributed by atoms with van der Waals surface area (Å²) in [5.74, 6) is -0.382. The van der Waals surface area contributed by atoms with Crippen LogP contribution in [0.1, 0.15) is 26.3 Å². The van der Waals surface area contributed by atoms with Crippen molar-refractivity contribution in [1.29, 1.82) is 0 Å². The molecular formula is C14H18O3. The smallest absolute Gasteiger partial charge is 0.333 e. The van der Waals surface area contributed by atoms with Crippen LogP contribution in [0.25, 0.3) is 5.57 Å². The molecule has 1 rings (SSSR count). The van der Waals surface area contributed by atoms with E-state index in [-0.39, 0.29) is 5.97 Å². The van der Waals surface area contributed by atoms with E-state index in [9.17, 15) is 4.79 Å². The predicted octanol–water partition coefficient (Wildman–Crippen LogP) is 3.02. The second-order valence-corrected chi connectivity index (χ2v) is 3.65. The summed E-state index contributed by atoms with van der Waals surface area (Å²) in [5.41, 5.74) is 1.88. The third kappa shape index (κ3) is 4.83. The van der Waals surface area contributed by atoms with Crippen LogP contribution in [0.4, 0.5) is 0 Å². The lowest BCUT2D eigenvalue weighted by Gasteiger charge is -2.11. The summed E-state index contributed by atoms with van der Waals surface area (Å²) >= 11 is 0. The number of carbonyl (C=O) groups excluding carboxylic acids is 1. The molecule has 0 fully saturated rings. The first-order valence-electron chi connectivity index (χ1n) is 5.69. The van der Waals surface area contributed by atoms with Gasteiger partial charge in [-0.05, 0) is 31.9 Å². The number of carbonyl (C=O) groups is 1. The molecule has 0 aliphatic heterocycles. The van der Waals surface area contributed by atoms with Crippen LogP contribution >= 0.6 is 0 Å². The average molecular weight is 234 g/mol. The van der Waals surface area contributed by atoms with Crippen molar-refractivity contribution in [3.05, 3.63) is 42.0 Å². The second-order valence-electron chi connectivity index (χ2n) is 3.65. The van der Waals surface area contributed by atoms with E-state index in [2.05, 4.69) is 0 Å². The van der Waals surface area contributed by atoms with Crippen LogP contribution in [0, 0.1) is 0 Å². The Morgan fingerprint density at radius 1 is 1.35 bits per heavy atom. The highest BCUT2D eigenvalue weighted by Crippen LogP contribution is 2.12. The molecular weight excluding hydrogens is 216 g/mol. The van der Waals surface area contributed by atoms with Crippen molar-refractivity contribution in [1.82, 2.24) is 0 Å². The van der Waals surface area contributed by atoms with Gasteiger partial charge in [-0.2, -0.15) is 0 Å². The van der Waals surface area contributed by atoms with Gasteiger partial charge in [0.15, 0.2) is 6.29 Å². The molecule has 92 valence electrons. The standard InChI is InChI=1S/C14H18O3/c1-4-16-12(3)17-14(15)10-11(2)13-8-6-5-7-9-13/h5-10,12H,4H2,1-3H3. The minimum absolute atomic E-state index is 0.382. The quantitative estimate of drug-likeness (QED) is 0.446. The van der Waals surface area contributed by atoms with Crippen LogP contribution in [0.15, 0.2) is 36.4 Å². The molecule has 0 saturated carbocycles. The average Bonchev–Trinajstić information content (AvgIpc) is 2.30. The predicted molar refractivity (Wildman–Crippen MR) is 67.3 cm³/mol. The van der Waals surface area contributed by atoms with Crippen LogP contribution < -0.4 is 0 Å². The Labute approximate surface area is 102 Å². The number of esters is 1. The summed E-state index contributed by atoms with van der Waals surface area (Å²) in [5, 5.41) is 0. The molecule has 0 aliphatic rings. The van der Waals surface area contributed by atoms with Crippen LogP contribution in [0.3, 0.4) is 0 Å². The van der Waals surface area contributed by atoms with Crippen molar-refractivity contribution in [2.24, 2.45) is 0 Å². The molecule has 3 heteroatoms. The second kappa shape index (κ2) is 6.86. The zero-order valence-electron chi connectivity index (χ0n) is 10.5. The summed E-state index contributed by atoms with van der Waals surface area (Å²) in [6.45, 7) is 5.96. The molecule has 1 unspecified atom stereocenters. The highest BCUT2D eigenvalue weighted by atomic mass is 16.7. The molecule has 0 saturated heterocycles. The van der Waals surface area contributed by atoms with Gasteiger partial charge in [-0.15, -0.1) is 0 Å². The summed E-state index contributed by atoms with van der Waals surface area (Å²) in [6.07, 6.45) is 0.970. The van der Waals surface area contributed by atoms with Crippen molar-refractivity contribution < 1.29 is 14.3 Å². The number of rotatable bonds is 5. The Hall–Kier alpha value is -1.61. The molecule has 1 aromatic carbocycles. The summed E-state index contributed by atoms with van der Waals surface area (Å²) in [6, 6.07) is 9.70. The lowest BCUT2D eigenvalue weighted by atomic mass is 10.1. The third-order valence-corrected chi connectivity index (χ3v) is 2.25. The Bertz CT molecular complexity index is 382. The van der Waals surface area contributed by atoms with E-state index in [1.807, 2.05) is 44.2 Å². The van der Waals surface area contributed by atoms with E-state index in [1.165, 1.54) is 6.08 Å². The number of ether oxygens (including phenoxy) is 2. The maximum Gasteiger partial charge on any atom is 0.333 e. The minimum atomic E-state index is -0.507. The molecule has 1 atom stereocenters. The fourth-order valence-electron chi connectivity index (χ4n) is 1.43. The zero-order valence-corrected chi connectivity index (χ0v) is 10.5. The van der Waals surface area contributed by atoms with Crippen LogP contribution in [-0.4, -0.2) is 18.9 Å². The van der Waals surface area contributed by atoms with Crippen molar-refractivity contribution in [2.45, 2.75) is 27.1 Å². The van der Waals surface area contributed by atoms with Gasteiger partial charge < -0.3 is 9.47 Å². The summed E-state index contributed by atoms with van der Waals surface area (Å²) in [4.78, 5) is 11.5. The molecule has 3 nitrogen and oxygen atoms in total. The first-order chi connectivity index (χ1) is 8.13. The number of allylic oxidation sites excluding steroid dienone is 1. The van der Waals surface area contributed by atoms with E-state index in [0.29, 0.717) is 6.61 Å². The number of hydrogen-bond donors (Lipinski definition) is 0. The fourth-order valence-corrected chi connectivity index (χ4v) is 1.43. The van der Waals surface area contributed by atoms with Crippen molar-refractivity contribution in [2.75, 3.05) is 6.61 Å². The maximum atomic E-state index is 11.5. The highest BCUT2D eigenvalue weighted by Gasteiger charge is 2.07. The number of benzene rings is 1. The molecule has 0 bridgehead atoms. The SMILES string of the molecule is CCOC(C)OC(=O)C=C(C)c1ccccc1. The minimum Gasteiger partial charge on any atom is -0.433 e. The van der Waals surface area contributed by atoms with Gasteiger partial charge in [0.1, 0.15) is 0 Å². The van der Waals surface area contributed by atoms with Gasteiger partial charge >= 0.3 is 5.97 Å². The molecule has 1 aromatic rings. The van der Waals surface area contributed by atoms with E-state index in [0.717, 1.165) is 11.1 Å². The Morgan fingerprint density at radius 2 is 2.00 bits per heavy atom. The van der Waals surface area contributed by atoms with Gasteiger partial charge in [0, 0.05) is 12.7 Å². The van der Waals surface area contributed by atoms with Gasteiger partial charge in [-0.1, -0.05) is 30.3 Å². The van der Waals surface area contributed by atoms with Gasteiger partial charge in [0.25, 0.3) is 0 Å².